The monoisotopic (exact) mass is 237 g/mol. The zero-order valence-corrected chi connectivity index (χ0v) is 11.9. The van der Waals surface area contributed by atoms with Crippen LogP contribution in [0, 0.1) is 26.7 Å². The van der Waals surface area contributed by atoms with Gasteiger partial charge in [0.1, 0.15) is 0 Å². The van der Waals surface area contributed by atoms with E-state index in [4.69, 9.17) is 0 Å². The van der Waals surface area contributed by atoms with Crippen LogP contribution in [0.5, 0.6) is 0 Å². The predicted molar refractivity (Wildman–Crippen MR) is 73.3 cm³/mol. The number of H-pyrrole nitrogens is 1. The first-order valence-electron chi connectivity index (χ1n) is 6.86. The van der Waals surface area contributed by atoms with Gasteiger partial charge in [-0.1, -0.05) is 33.1 Å². The molecule has 98 valence electrons. The number of hydrogen-bond acceptors (Lipinski definition) is 1. The van der Waals surface area contributed by atoms with E-state index in [2.05, 4.69) is 39.6 Å². The van der Waals surface area contributed by atoms with Gasteiger partial charge in [0, 0.05) is 11.4 Å². The molecule has 0 spiro atoms. The van der Waals surface area contributed by atoms with Crippen molar-refractivity contribution in [3.63, 3.8) is 0 Å². The van der Waals surface area contributed by atoms with Crippen molar-refractivity contribution in [1.29, 1.82) is 0 Å². The molecule has 2 N–H and O–H groups in total. The van der Waals surface area contributed by atoms with Gasteiger partial charge in [-0.3, -0.25) is 0 Å². The standard InChI is InChI=1S/C15H27NO/c1-6-8-9-13(7-2)15(17)14-11(4)10(3)12(5)16-14/h13,15-17H,6-9H2,1-5H3. The number of aliphatic hydroxyl groups excluding tert-OH is 1. The topological polar surface area (TPSA) is 36.0 Å². The van der Waals surface area contributed by atoms with Crippen molar-refractivity contribution in [2.24, 2.45) is 5.92 Å². The summed E-state index contributed by atoms with van der Waals surface area (Å²) in [7, 11) is 0. The van der Waals surface area contributed by atoms with Crippen LogP contribution in [0.25, 0.3) is 0 Å². The van der Waals surface area contributed by atoms with Crippen LogP contribution in [0.15, 0.2) is 0 Å². The molecule has 0 saturated carbocycles. The Labute approximate surface area is 105 Å². The van der Waals surface area contributed by atoms with E-state index in [0.29, 0.717) is 5.92 Å². The number of unbranched alkanes of at least 4 members (excludes halogenated alkanes) is 1. The third kappa shape index (κ3) is 3.12. The van der Waals surface area contributed by atoms with Gasteiger partial charge in [-0.25, -0.2) is 0 Å². The summed E-state index contributed by atoms with van der Waals surface area (Å²) in [5.41, 5.74) is 4.72. The Morgan fingerprint density at radius 1 is 1.12 bits per heavy atom. The van der Waals surface area contributed by atoms with E-state index in [-0.39, 0.29) is 6.10 Å². The van der Waals surface area contributed by atoms with Crippen molar-refractivity contribution >= 4 is 0 Å². The highest BCUT2D eigenvalue weighted by atomic mass is 16.3. The van der Waals surface area contributed by atoms with Gasteiger partial charge in [-0.2, -0.15) is 0 Å². The highest BCUT2D eigenvalue weighted by molar-refractivity contribution is 5.35. The van der Waals surface area contributed by atoms with Gasteiger partial charge in [0.15, 0.2) is 0 Å². The fourth-order valence-electron chi connectivity index (χ4n) is 2.46. The lowest BCUT2D eigenvalue weighted by atomic mass is 9.90. The fraction of sp³-hybridized carbons (Fsp3) is 0.733. The molecule has 2 atom stereocenters. The molecule has 0 fully saturated rings. The summed E-state index contributed by atoms with van der Waals surface area (Å²) in [6.07, 6.45) is 4.22. The first-order chi connectivity index (χ1) is 8.02. The summed E-state index contributed by atoms with van der Waals surface area (Å²) >= 11 is 0. The summed E-state index contributed by atoms with van der Waals surface area (Å²) in [6, 6.07) is 0. The lowest BCUT2D eigenvalue weighted by molar-refractivity contribution is 0.0947. The van der Waals surface area contributed by atoms with Crippen LogP contribution < -0.4 is 0 Å². The van der Waals surface area contributed by atoms with E-state index >= 15 is 0 Å². The van der Waals surface area contributed by atoms with Crippen molar-refractivity contribution in [2.75, 3.05) is 0 Å². The smallest absolute Gasteiger partial charge is 0.0968 e. The van der Waals surface area contributed by atoms with Gasteiger partial charge in [-0.15, -0.1) is 0 Å². The lowest BCUT2D eigenvalue weighted by Gasteiger charge is -2.21. The average Bonchev–Trinajstić information content (AvgIpc) is 2.57. The normalized spacial score (nSPS) is 14.9. The van der Waals surface area contributed by atoms with Gasteiger partial charge in [0.2, 0.25) is 0 Å². The second kappa shape index (κ2) is 6.25. The first-order valence-corrected chi connectivity index (χ1v) is 6.86. The summed E-state index contributed by atoms with van der Waals surface area (Å²) < 4.78 is 0. The summed E-state index contributed by atoms with van der Waals surface area (Å²) in [5, 5.41) is 10.5. The maximum Gasteiger partial charge on any atom is 0.0968 e. The van der Waals surface area contributed by atoms with E-state index in [1.165, 1.54) is 29.7 Å². The Kier molecular flexibility index (Phi) is 5.26. The number of rotatable bonds is 6. The molecular formula is C15H27NO. The highest BCUT2D eigenvalue weighted by Gasteiger charge is 2.23. The Morgan fingerprint density at radius 2 is 1.76 bits per heavy atom. The van der Waals surface area contributed by atoms with Crippen LogP contribution in [-0.2, 0) is 0 Å². The van der Waals surface area contributed by atoms with Crippen LogP contribution in [0.1, 0.15) is 68.1 Å². The molecule has 0 aliphatic carbocycles. The van der Waals surface area contributed by atoms with Crippen LogP contribution in [0.4, 0.5) is 0 Å². The SMILES string of the molecule is CCCCC(CC)C(O)c1[nH]c(C)c(C)c1C. The van der Waals surface area contributed by atoms with Crippen LogP contribution in [0.2, 0.25) is 0 Å². The van der Waals surface area contributed by atoms with E-state index in [9.17, 15) is 5.11 Å². The summed E-state index contributed by atoms with van der Waals surface area (Å²) in [4.78, 5) is 3.35. The Morgan fingerprint density at radius 3 is 2.18 bits per heavy atom. The minimum Gasteiger partial charge on any atom is -0.387 e. The highest BCUT2D eigenvalue weighted by Crippen LogP contribution is 2.32. The first kappa shape index (κ1) is 14.3. The Hall–Kier alpha value is -0.760. The third-order valence-corrected chi connectivity index (χ3v) is 4.05. The molecule has 1 rings (SSSR count). The van der Waals surface area contributed by atoms with E-state index in [1.807, 2.05) is 0 Å². The lowest BCUT2D eigenvalue weighted by Crippen LogP contribution is -2.13. The summed E-state index contributed by atoms with van der Waals surface area (Å²) in [5.74, 6) is 0.381. The number of nitrogens with one attached hydrogen (secondary N) is 1. The molecule has 2 nitrogen and oxygen atoms in total. The predicted octanol–water partition coefficient (Wildman–Crippen LogP) is 4.19. The van der Waals surface area contributed by atoms with Crippen LogP contribution >= 0.6 is 0 Å². The molecule has 0 aliphatic heterocycles. The maximum absolute atomic E-state index is 10.5. The molecule has 2 heteroatoms. The van der Waals surface area contributed by atoms with Crippen molar-refractivity contribution in [3.05, 3.63) is 22.5 Å². The number of aliphatic hydroxyl groups is 1. The van der Waals surface area contributed by atoms with Gasteiger partial charge in [0.25, 0.3) is 0 Å². The largest absolute Gasteiger partial charge is 0.387 e. The minimum absolute atomic E-state index is 0.334. The second-order valence-corrected chi connectivity index (χ2v) is 5.17. The van der Waals surface area contributed by atoms with E-state index in [1.54, 1.807) is 0 Å². The minimum atomic E-state index is -0.334. The molecule has 17 heavy (non-hydrogen) atoms. The van der Waals surface area contributed by atoms with Gasteiger partial charge < -0.3 is 10.1 Å². The molecule has 1 heterocycles. The zero-order chi connectivity index (χ0) is 13.0. The van der Waals surface area contributed by atoms with Gasteiger partial charge in [-0.05, 0) is 44.2 Å². The van der Waals surface area contributed by atoms with Crippen molar-refractivity contribution in [1.82, 2.24) is 4.98 Å². The molecule has 2 unspecified atom stereocenters. The van der Waals surface area contributed by atoms with Crippen molar-refractivity contribution < 1.29 is 5.11 Å². The van der Waals surface area contributed by atoms with Gasteiger partial charge in [0.05, 0.1) is 6.10 Å². The second-order valence-electron chi connectivity index (χ2n) is 5.17. The van der Waals surface area contributed by atoms with Crippen molar-refractivity contribution in [2.45, 2.75) is 66.4 Å². The Balaban J connectivity index is 2.85. The number of aromatic amines is 1. The molecule has 0 aliphatic rings. The molecule has 0 radical (unpaired) electrons. The quantitative estimate of drug-likeness (QED) is 0.764. The summed E-state index contributed by atoms with van der Waals surface area (Å²) in [6.45, 7) is 10.7. The van der Waals surface area contributed by atoms with E-state index < -0.39 is 0 Å². The maximum atomic E-state index is 10.5. The van der Waals surface area contributed by atoms with E-state index in [0.717, 1.165) is 18.5 Å². The number of hydrogen-bond donors (Lipinski definition) is 2. The molecule has 1 aromatic heterocycles. The molecule has 0 bridgehead atoms. The van der Waals surface area contributed by atoms with Crippen LogP contribution in [0.3, 0.4) is 0 Å². The average molecular weight is 237 g/mol. The Bertz CT molecular complexity index is 354. The molecular weight excluding hydrogens is 210 g/mol. The molecule has 0 saturated heterocycles. The zero-order valence-electron chi connectivity index (χ0n) is 11.9. The molecule has 0 aromatic carbocycles. The third-order valence-electron chi connectivity index (χ3n) is 4.05. The molecule has 0 amide bonds. The van der Waals surface area contributed by atoms with Crippen LogP contribution in [-0.4, -0.2) is 10.1 Å². The fourth-order valence-corrected chi connectivity index (χ4v) is 2.46. The number of aromatic nitrogens is 1. The van der Waals surface area contributed by atoms with Crippen molar-refractivity contribution in [3.8, 4) is 0 Å². The molecule has 1 aromatic rings. The van der Waals surface area contributed by atoms with Gasteiger partial charge >= 0.3 is 0 Å². The number of aryl methyl sites for hydroxylation is 1.